The number of nitrogens with zero attached hydrogens (tertiary/aromatic N) is 1. The monoisotopic (exact) mass is 443 g/mol. The maximum atomic E-state index is 13.2. The number of methoxy groups -OCH3 is 1. The molecule has 1 aliphatic heterocycles. The van der Waals surface area contributed by atoms with Gasteiger partial charge in [0.05, 0.1) is 25.3 Å². The summed E-state index contributed by atoms with van der Waals surface area (Å²) in [6.45, 7) is 2.62. The predicted molar refractivity (Wildman–Crippen MR) is 126 cm³/mol. The molecule has 1 heterocycles. The Morgan fingerprint density at radius 1 is 0.939 bits per heavy atom. The predicted octanol–water partition coefficient (Wildman–Crippen LogP) is 5.11. The van der Waals surface area contributed by atoms with Gasteiger partial charge in [0.25, 0.3) is 11.7 Å². The molecule has 0 spiro atoms. The van der Waals surface area contributed by atoms with Crippen LogP contribution in [0.4, 0.5) is 5.69 Å². The number of ether oxygens (including phenoxy) is 2. The number of aliphatic hydroxyl groups is 1. The molecule has 1 aliphatic rings. The third-order valence-electron chi connectivity index (χ3n) is 5.49. The van der Waals surface area contributed by atoms with E-state index >= 15 is 0 Å². The smallest absolute Gasteiger partial charge is 0.300 e. The molecule has 1 amide bonds. The second-order valence-electron chi connectivity index (χ2n) is 7.65. The third kappa shape index (κ3) is 4.32. The zero-order valence-electron chi connectivity index (χ0n) is 18.5. The minimum atomic E-state index is -0.793. The van der Waals surface area contributed by atoms with Gasteiger partial charge in [0.15, 0.2) is 0 Å². The van der Waals surface area contributed by atoms with Crippen LogP contribution in [-0.4, -0.2) is 30.5 Å². The maximum Gasteiger partial charge on any atom is 0.300 e. The van der Waals surface area contributed by atoms with Crippen molar-refractivity contribution < 1.29 is 24.2 Å². The Morgan fingerprint density at radius 2 is 1.67 bits per heavy atom. The number of benzene rings is 3. The fraction of sp³-hybridized carbons (Fsp3) is 0.185. The van der Waals surface area contributed by atoms with Crippen LogP contribution < -0.4 is 14.4 Å². The number of rotatable bonds is 7. The molecule has 33 heavy (non-hydrogen) atoms. The summed E-state index contributed by atoms with van der Waals surface area (Å²) < 4.78 is 10.9. The Bertz CT molecular complexity index is 1180. The lowest BCUT2D eigenvalue weighted by Crippen LogP contribution is -2.29. The zero-order valence-corrected chi connectivity index (χ0v) is 18.5. The molecular weight excluding hydrogens is 418 g/mol. The second-order valence-corrected chi connectivity index (χ2v) is 7.65. The van der Waals surface area contributed by atoms with Crippen molar-refractivity contribution in [2.45, 2.75) is 19.4 Å². The van der Waals surface area contributed by atoms with Crippen LogP contribution in [0.1, 0.15) is 30.5 Å². The number of carbonyl (C=O) groups excluding carboxylic acids is 2. The van der Waals surface area contributed by atoms with Crippen molar-refractivity contribution in [1.29, 1.82) is 0 Å². The average Bonchev–Trinajstić information content (AvgIpc) is 3.13. The highest BCUT2D eigenvalue weighted by Gasteiger charge is 2.46. The first kappa shape index (κ1) is 22.1. The molecule has 0 saturated carbocycles. The molecule has 1 N–H and O–H groups in total. The van der Waals surface area contributed by atoms with Crippen molar-refractivity contribution >= 4 is 23.1 Å². The lowest BCUT2D eigenvalue weighted by Gasteiger charge is -2.25. The van der Waals surface area contributed by atoms with E-state index in [-0.39, 0.29) is 11.3 Å². The van der Waals surface area contributed by atoms with E-state index in [1.54, 1.807) is 48.5 Å². The van der Waals surface area contributed by atoms with Gasteiger partial charge in [-0.25, -0.2) is 0 Å². The Kier molecular flexibility index (Phi) is 6.45. The summed E-state index contributed by atoms with van der Waals surface area (Å²) in [6.07, 6.45) is 0.885. The van der Waals surface area contributed by atoms with Gasteiger partial charge in [0.1, 0.15) is 17.3 Å². The Morgan fingerprint density at radius 3 is 2.33 bits per heavy atom. The Hall–Kier alpha value is -4.06. The summed E-state index contributed by atoms with van der Waals surface area (Å²) in [5.74, 6) is -0.449. The van der Waals surface area contributed by atoms with Crippen LogP contribution in [0.2, 0.25) is 0 Å². The number of hydrogen-bond acceptors (Lipinski definition) is 5. The molecular formula is C27H25NO5. The van der Waals surface area contributed by atoms with E-state index in [1.165, 1.54) is 12.0 Å². The molecule has 1 fully saturated rings. The van der Waals surface area contributed by atoms with Gasteiger partial charge in [-0.15, -0.1) is 0 Å². The topological polar surface area (TPSA) is 76.1 Å². The van der Waals surface area contributed by atoms with E-state index in [4.69, 9.17) is 9.47 Å². The van der Waals surface area contributed by atoms with Crippen molar-refractivity contribution in [2.75, 3.05) is 18.6 Å². The van der Waals surface area contributed by atoms with Crippen molar-refractivity contribution in [3.63, 3.8) is 0 Å². The molecule has 1 saturated heterocycles. The Balaban J connectivity index is 1.86. The molecule has 0 radical (unpaired) electrons. The van der Waals surface area contributed by atoms with Crippen molar-refractivity contribution in [1.82, 2.24) is 0 Å². The summed E-state index contributed by atoms with van der Waals surface area (Å²) in [5.41, 5.74) is 1.68. The van der Waals surface area contributed by atoms with Crippen LogP contribution in [0.15, 0.2) is 84.4 Å². The van der Waals surface area contributed by atoms with Crippen molar-refractivity contribution in [3.05, 3.63) is 95.6 Å². The third-order valence-corrected chi connectivity index (χ3v) is 5.49. The molecule has 3 aromatic rings. The number of hydrogen-bond donors (Lipinski definition) is 1. The Labute approximate surface area is 192 Å². The number of para-hydroxylation sites is 1. The summed E-state index contributed by atoms with van der Waals surface area (Å²) in [6, 6.07) is 22.2. The quantitative estimate of drug-likeness (QED) is 0.312. The second kappa shape index (κ2) is 9.61. The summed E-state index contributed by atoms with van der Waals surface area (Å²) in [7, 11) is 1.52. The normalized spacial score (nSPS) is 17.3. The number of anilines is 1. The lowest BCUT2D eigenvalue weighted by molar-refractivity contribution is -0.132. The number of carbonyl (C=O) groups is 2. The van der Waals surface area contributed by atoms with E-state index in [0.717, 1.165) is 6.42 Å². The zero-order chi connectivity index (χ0) is 23.4. The molecule has 0 bridgehead atoms. The van der Waals surface area contributed by atoms with E-state index in [1.807, 2.05) is 37.3 Å². The van der Waals surface area contributed by atoms with Crippen LogP contribution >= 0.6 is 0 Å². The molecule has 1 unspecified atom stereocenters. The van der Waals surface area contributed by atoms with Gasteiger partial charge >= 0.3 is 0 Å². The summed E-state index contributed by atoms with van der Waals surface area (Å²) in [4.78, 5) is 27.8. The van der Waals surface area contributed by atoms with Crippen LogP contribution in [0.5, 0.6) is 11.5 Å². The SMILES string of the molecule is CCCOc1ccc(C2/C(=C(/O)c3cccc(OC)c3)C(=O)C(=O)N2c2ccccc2)cc1. The van der Waals surface area contributed by atoms with Crippen LogP contribution in [0, 0.1) is 0 Å². The molecule has 4 rings (SSSR count). The van der Waals surface area contributed by atoms with Crippen LogP contribution in [0.3, 0.4) is 0 Å². The number of amides is 1. The highest BCUT2D eigenvalue weighted by molar-refractivity contribution is 6.51. The van der Waals surface area contributed by atoms with E-state index < -0.39 is 17.7 Å². The van der Waals surface area contributed by atoms with E-state index in [0.29, 0.717) is 34.9 Å². The van der Waals surface area contributed by atoms with Gasteiger partial charge in [-0.2, -0.15) is 0 Å². The molecule has 6 nitrogen and oxygen atoms in total. The van der Waals surface area contributed by atoms with Crippen LogP contribution in [-0.2, 0) is 9.59 Å². The van der Waals surface area contributed by atoms with Gasteiger partial charge in [-0.05, 0) is 48.4 Å². The molecule has 3 aromatic carbocycles. The summed E-state index contributed by atoms with van der Waals surface area (Å²) >= 11 is 0. The fourth-order valence-electron chi connectivity index (χ4n) is 3.89. The van der Waals surface area contributed by atoms with Gasteiger partial charge in [-0.3, -0.25) is 14.5 Å². The molecule has 6 heteroatoms. The number of aliphatic hydroxyl groups excluding tert-OH is 1. The molecule has 0 aromatic heterocycles. The molecule has 168 valence electrons. The summed E-state index contributed by atoms with van der Waals surface area (Å²) in [5, 5.41) is 11.2. The highest BCUT2D eigenvalue weighted by atomic mass is 16.5. The van der Waals surface area contributed by atoms with Gasteiger partial charge < -0.3 is 14.6 Å². The fourth-order valence-corrected chi connectivity index (χ4v) is 3.89. The van der Waals surface area contributed by atoms with Crippen molar-refractivity contribution in [2.24, 2.45) is 0 Å². The molecule has 0 aliphatic carbocycles. The maximum absolute atomic E-state index is 13.2. The standard InChI is InChI=1S/C27H25NO5/c1-3-16-33-21-14-12-18(13-15-21)24-23(25(29)19-8-7-11-22(17-19)32-2)26(30)27(31)28(24)20-9-5-4-6-10-20/h4-15,17,24,29H,3,16H2,1-2H3/b25-23-. The lowest BCUT2D eigenvalue weighted by atomic mass is 9.95. The minimum absolute atomic E-state index is 0.0272. The van der Waals surface area contributed by atoms with Gasteiger partial charge in [0.2, 0.25) is 0 Å². The van der Waals surface area contributed by atoms with Gasteiger partial charge in [0, 0.05) is 11.3 Å². The largest absolute Gasteiger partial charge is 0.507 e. The highest BCUT2D eigenvalue weighted by Crippen LogP contribution is 2.42. The number of ketones is 1. The average molecular weight is 443 g/mol. The van der Waals surface area contributed by atoms with Crippen LogP contribution in [0.25, 0.3) is 5.76 Å². The first-order valence-electron chi connectivity index (χ1n) is 10.8. The van der Waals surface area contributed by atoms with Gasteiger partial charge in [-0.1, -0.05) is 49.4 Å². The van der Waals surface area contributed by atoms with Crippen molar-refractivity contribution in [3.8, 4) is 11.5 Å². The first-order chi connectivity index (χ1) is 16.0. The van der Waals surface area contributed by atoms with E-state index in [2.05, 4.69) is 0 Å². The molecule has 1 atom stereocenters. The van der Waals surface area contributed by atoms with E-state index in [9.17, 15) is 14.7 Å². The minimum Gasteiger partial charge on any atom is -0.507 e. The first-order valence-corrected chi connectivity index (χ1v) is 10.8. The number of Topliss-reactive ketones (excluding diaryl/α,β-unsaturated/α-hetero) is 1.